The van der Waals surface area contributed by atoms with Crippen LogP contribution in [0.2, 0.25) is 0 Å². The van der Waals surface area contributed by atoms with Crippen molar-refractivity contribution in [2.75, 3.05) is 0 Å². The molecule has 9 aromatic rings. The second-order valence-electron chi connectivity index (χ2n) is 13.6. The minimum Gasteiger partial charge on any atom is -0.0616 e. The Kier molecular flexibility index (Phi) is 5.44. The highest BCUT2D eigenvalue weighted by Crippen LogP contribution is 2.57. The zero-order valence-electron chi connectivity index (χ0n) is 26.5. The maximum Gasteiger partial charge on any atom is 0.0159 e. The van der Waals surface area contributed by atoms with Crippen molar-refractivity contribution in [2.45, 2.75) is 19.3 Å². The Morgan fingerprint density at radius 2 is 0.702 bits per heavy atom. The van der Waals surface area contributed by atoms with Gasteiger partial charge in [-0.25, -0.2) is 0 Å². The molecule has 0 heteroatoms. The number of hydrogen-bond acceptors (Lipinski definition) is 0. The van der Waals surface area contributed by atoms with Crippen molar-refractivity contribution in [3.05, 3.63) is 169 Å². The van der Waals surface area contributed by atoms with Crippen LogP contribution in [0.3, 0.4) is 0 Å². The van der Waals surface area contributed by atoms with Gasteiger partial charge < -0.3 is 0 Å². The predicted octanol–water partition coefficient (Wildman–Crippen LogP) is 13.1. The monoisotopic (exact) mass is 596 g/mol. The van der Waals surface area contributed by atoms with Gasteiger partial charge in [-0.05, 0) is 117 Å². The molecular weight excluding hydrogens is 565 g/mol. The molecule has 0 atom stereocenters. The van der Waals surface area contributed by atoms with Crippen LogP contribution in [0.1, 0.15) is 25.0 Å². The fourth-order valence-corrected chi connectivity index (χ4v) is 8.60. The molecule has 1 aliphatic rings. The van der Waals surface area contributed by atoms with E-state index < -0.39 is 0 Å². The summed E-state index contributed by atoms with van der Waals surface area (Å²) in [4.78, 5) is 0. The Bertz CT molecular complexity index is 2750. The van der Waals surface area contributed by atoms with Crippen LogP contribution in [0, 0.1) is 0 Å². The van der Waals surface area contributed by atoms with Crippen LogP contribution >= 0.6 is 0 Å². The molecule has 0 unspecified atom stereocenters. The average Bonchev–Trinajstić information content (AvgIpc) is 3.36. The number of benzene rings is 9. The molecule has 47 heavy (non-hydrogen) atoms. The lowest BCUT2D eigenvalue weighted by molar-refractivity contribution is 0.661. The maximum absolute atomic E-state index is 2.53. The molecule has 0 spiro atoms. The van der Waals surface area contributed by atoms with E-state index in [1.165, 1.54) is 98.4 Å². The summed E-state index contributed by atoms with van der Waals surface area (Å²) in [6, 6.07) is 58.8. The number of hydrogen-bond donors (Lipinski definition) is 0. The van der Waals surface area contributed by atoms with Gasteiger partial charge in [0, 0.05) is 5.41 Å². The van der Waals surface area contributed by atoms with Gasteiger partial charge >= 0.3 is 0 Å². The van der Waals surface area contributed by atoms with Crippen molar-refractivity contribution in [1.82, 2.24) is 0 Å². The quantitative estimate of drug-likeness (QED) is 0.174. The highest BCUT2D eigenvalue weighted by molar-refractivity contribution is 6.21. The molecule has 0 nitrogen and oxygen atoms in total. The van der Waals surface area contributed by atoms with Gasteiger partial charge in [-0.2, -0.15) is 0 Å². The van der Waals surface area contributed by atoms with Crippen LogP contribution < -0.4 is 0 Å². The summed E-state index contributed by atoms with van der Waals surface area (Å²) in [7, 11) is 0. The number of rotatable bonds is 2. The molecule has 0 radical (unpaired) electrons. The van der Waals surface area contributed by atoms with Gasteiger partial charge in [-0.1, -0.05) is 153 Å². The van der Waals surface area contributed by atoms with E-state index in [1.54, 1.807) is 0 Å². The van der Waals surface area contributed by atoms with Crippen molar-refractivity contribution >= 4 is 53.9 Å². The molecule has 0 amide bonds. The van der Waals surface area contributed by atoms with E-state index in [-0.39, 0.29) is 5.41 Å². The minimum atomic E-state index is -0.195. The molecule has 0 aromatic heterocycles. The van der Waals surface area contributed by atoms with Crippen molar-refractivity contribution in [1.29, 1.82) is 0 Å². The van der Waals surface area contributed by atoms with E-state index in [1.807, 2.05) is 0 Å². The van der Waals surface area contributed by atoms with E-state index in [2.05, 4.69) is 172 Å². The van der Waals surface area contributed by atoms with Crippen molar-refractivity contribution in [3.63, 3.8) is 0 Å². The summed E-state index contributed by atoms with van der Waals surface area (Å²) in [5.41, 5.74) is 10.6. The van der Waals surface area contributed by atoms with E-state index >= 15 is 0 Å². The Morgan fingerprint density at radius 3 is 1.32 bits per heavy atom. The molecule has 1 aliphatic carbocycles. The lowest BCUT2D eigenvalue weighted by Gasteiger charge is -2.24. The smallest absolute Gasteiger partial charge is 0.0159 e. The first-order valence-electron chi connectivity index (χ1n) is 16.6. The molecule has 0 heterocycles. The Morgan fingerprint density at radius 1 is 0.298 bits per heavy atom. The van der Waals surface area contributed by atoms with Crippen LogP contribution in [-0.2, 0) is 5.41 Å². The molecule has 0 saturated carbocycles. The lowest BCUT2D eigenvalue weighted by Crippen LogP contribution is -2.15. The van der Waals surface area contributed by atoms with Crippen LogP contribution in [0.5, 0.6) is 0 Å². The van der Waals surface area contributed by atoms with Crippen LogP contribution in [0.4, 0.5) is 0 Å². The normalized spacial score (nSPS) is 13.5. The van der Waals surface area contributed by atoms with Crippen molar-refractivity contribution in [2.24, 2.45) is 0 Å². The SMILES string of the molecule is CC1(C)c2cc(-c3cccc4ccccc34)c3ccccc3c2-c2c1cc(-c1cc3ccccc3c3ccccc13)c1ccccc21. The van der Waals surface area contributed by atoms with Crippen LogP contribution in [0.15, 0.2) is 158 Å². The number of fused-ring (bicyclic) bond motifs is 11. The second-order valence-corrected chi connectivity index (χ2v) is 13.6. The van der Waals surface area contributed by atoms with Gasteiger partial charge in [0.05, 0.1) is 0 Å². The van der Waals surface area contributed by atoms with Gasteiger partial charge in [-0.15, -0.1) is 0 Å². The summed E-state index contributed by atoms with van der Waals surface area (Å²) >= 11 is 0. The highest BCUT2D eigenvalue weighted by atomic mass is 14.4. The standard InChI is InChI=1S/C47H32/c1-47(2)43-27-41(34-25-13-16-29-14-3-5-17-31(29)34)36-21-9-11-23-38(36)45(43)46-39-24-12-10-22-37(39)42(28-44(46)47)40-26-30-15-4-6-18-32(30)33-19-7-8-20-35(33)40/h3-28H,1-2H3. The Hall–Kier alpha value is -5.72. The van der Waals surface area contributed by atoms with Gasteiger partial charge in [-0.3, -0.25) is 0 Å². The van der Waals surface area contributed by atoms with Gasteiger partial charge in [0.15, 0.2) is 0 Å². The molecule has 0 fully saturated rings. The first-order valence-corrected chi connectivity index (χ1v) is 16.6. The van der Waals surface area contributed by atoms with E-state index in [0.29, 0.717) is 0 Å². The summed E-state index contributed by atoms with van der Waals surface area (Å²) in [5.74, 6) is 0. The molecule has 0 aliphatic heterocycles. The van der Waals surface area contributed by atoms with E-state index in [4.69, 9.17) is 0 Å². The van der Waals surface area contributed by atoms with Gasteiger partial charge in [0.25, 0.3) is 0 Å². The lowest BCUT2D eigenvalue weighted by atomic mass is 9.79. The minimum absolute atomic E-state index is 0.195. The third-order valence-electron chi connectivity index (χ3n) is 10.8. The van der Waals surface area contributed by atoms with E-state index in [0.717, 1.165) is 0 Å². The van der Waals surface area contributed by atoms with Crippen LogP contribution in [-0.4, -0.2) is 0 Å². The molecule has 9 aromatic carbocycles. The summed E-state index contributed by atoms with van der Waals surface area (Å²) < 4.78 is 0. The largest absolute Gasteiger partial charge is 0.0616 e. The third-order valence-corrected chi connectivity index (χ3v) is 10.8. The van der Waals surface area contributed by atoms with Gasteiger partial charge in [0.2, 0.25) is 0 Å². The van der Waals surface area contributed by atoms with Crippen molar-refractivity contribution in [3.8, 4) is 33.4 Å². The fourth-order valence-electron chi connectivity index (χ4n) is 8.60. The Labute approximate surface area is 274 Å². The predicted molar refractivity (Wildman–Crippen MR) is 202 cm³/mol. The second kappa shape index (κ2) is 9.64. The fraction of sp³-hybridized carbons (Fsp3) is 0.0638. The molecule has 0 saturated heterocycles. The first-order chi connectivity index (χ1) is 23.1. The summed E-state index contributed by atoms with van der Waals surface area (Å²) in [6.45, 7) is 4.85. The zero-order chi connectivity index (χ0) is 31.3. The molecule has 0 bridgehead atoms. The first kappa shape index (κ1) is 26.5. The van der Waals surface area contributed by atoms with Gasteiger partial charge in [0.1, 0.15) is 0 Å². The highest BCUT2D eigenvalue weighted by Gasteiger charge is 2.39. The molecule has 0 N–H and O–H groups in total. The maximum atomic E-state index is 2.53. The van der Waals surface area contributed by atoms with Crippen LogP contribution in [0.25, 0.3) is 87.2 Å². The van der Waals surface area contributed by atoms with Crippen molar-refractivity contribution < 1.29 is 0 Å². The molecular formula is C47H32. The summed E-state index contributed by atoms with van der Waals surface area (Å²) in [5, 5.41) is 13.0. The zero-order valence-corrected chi connectivity index (χ0v) is 26.5. The third kappa shape index (κ3) is 3.64. The average molecular weight is 597 g/mol. The molecule has 10 rings (SSSR count). The molecule has 220 valence electrons. The topological polar surface area (TPSA) is 0 Å². The van der Waals surface area contributed by atoms with E-state index in [9.17, 15) is 0 Å². The summed E-state index contributed by atoms with van der Waals surface area (Å²) in [6.07, 6.45) is 0. The Balaban J connectivity index is 1.32.